The van der Waals surface area contributed by atoms with Crippen molar-refractivity contribution in [2.45, 2.75) is 18.6 Å². The lowest BCUT2D eigenvalue weighted by atomic mass is 10.0. The minimum Gasteiger partial charge on any atom is -0.372 e. The van der Waals surface area contributed by atoms with Crippen molar-refractivity contribution in [3.63, 3.8) is 0 Å². The Labute approximate surface area is 119 Å². The van der Waals surface area contributed by atoms with E-state index in [-0.39, 0.29) is 19.5 Å². The highest BCUT2D eigenvalue weighted by molar-refractivity contribution is 6.34. The van der Waals surface area contributed by atoms with Gasteiger partial charge in [0, 0.05) is 29.6 Å². The number of aliphatic hydroxyl groups is 1. The number of halogens is 2. The van der Waals surface area contributed by atoms with E-state index in [2.05, 4.69) is 10.6 Å². The topological polar surface area (TPSA) is 78.4 Å². The van der Waals surface area contributed by atoms with E-state index >= 15 is 0 Å². The van der Waals surface area contributed by atoms with Crippen molar-refractivity contribution in [2.24, 2.45) is 0 Å². The summed E-state index contributed by atoms with van der Waals surface area (Å²) < 4.78 is 0. The number of rotatable bonds is 3. The number of hydrogen-bond acceptors (Lipinski definition) is 3. The molecule has 5 nitrogen and oxygen atoms in total. The molecule has 0 spiro atoms. The van der Waals surface area contributed by atoms with Gasteiger partial charge in [0.15, 0.2) is 0 Å². The minimum absolute atomic E-state index is 0.0635. The van der Waals surface area contributed by atoms with Gasteiger partial charge in [0.2, 0.25) is 5.60 Å². The fourth-order valence-corrected chi connectivity index (χ4v) is 2.45. The number of amides is 2. The first-order chi connectivity index (χ1) is 8.91. The maximum absolute atomic E-state index is 11.8. The summed E-state index contributed by atoms with van der Waals surface area (Å²) in [7, 11) is 0. The molecular weight excluding hydrogens is 291 g/mol. The van der Waals surface area contributed by atoms with Gasteiger partial charge in [-0.25, -0.2) is 0 Å². The molecule has 2 amide bonds. The molecule has 1 fully saturated rings. The molecule has 0 saturated carbocycles. The molecule has 1 aromatic rings. The second-order valence-corrected chi connectivity index (χ2v) is 5.20. The lowest BCUT2D eigenvalue weighted by molar-refractivity contribution is -0.150. The summed E-state index contributed by atoms with van der Waals surface area (Å²) in [6.45, 7) is 0.417. The van der Waals surface area contributed by atoms with Crippen molar-refractivity contribution in [1.82, 2.24) is 10.6 Å². The standard InChI is InChI=1S/C12H12Cl2N2O3/c13-8-3-7(4-9(14)5-8)6-16-11(18)12(19)1-2-15-10(12)17/h3-5,19H,1-2,6H2,(H,15,17)(H,16,18). The molecule has 0 aliphatic carbocycles. The third-order valence-corrected chi connectivity index (χ3v) is 3.34. The maximum Gasteiger partial charge on any atom is 0.262 e. The Balaban J connectivity index is 2.02. The second-order valence-electron chi connectivity index (χ2n) is 4.33. The van der Waals surface area contributed by atoms with E-state index in [4.69, 9.17) is 23.2 Å². The summed E-state index contributed by atoms with van der Waals surface area (Å²) in [5.74, 6) is -1.40. The SMILES string of the molecule is O=C1NCCC1(O)C(=O)NCc1cc(Cl)cc(Cl)c1. The molecule has 102 valence electrons. The van der Waals surface area contributed by atoms with E-state index in [1.807, 2.05) is 0 Å². The van der Waals surface area contributed by atoms with Gasteiger partial charge in [0.05, 0.1) is 0 Å². The molecule has 0 aromatic heterocycles. The van der Waals surface area contributed by atoms with Crippen LogP contribution in [0.15, 0.2) is 18.2 Å². The Hall–Kier alpha value is -1.30. The number of hydrogen-bond donors (Lipinski definition) is 3. The van der Waals surface area contributed by atoms with Crippen molar-refractivity contribution in [3.8, 4) is 0 Å². The molecule has 1 unspecified atom stereocenters. The van der Waals surface area contributed by atoms with Crippen molar-refractivity contribution in [3.05, 3.63) is 33.8 Å². The normalized spacial score (nSPS) is 22.2. The summed E-state index contributed by atoms with van der Waals surface area (Å²) in [6, 6.07) is 4.87. The molecule has 1 aromatic carbocycles. The molecule has 1 saturated heterocycles. The predicted octanol–water partition coefficient (Wildman–Crippen LogP) is 0.861. The van der Waals surface area contributed by atoms with Crippen LogP contribution in [0, 0.1) is 0 Å². The van der Waals surface area contributed by atoms with Crippen LogP contribution in [0.5, 0.6) is 0 Å². The largest absolute Gasteiger partial charge is 0.372 e. The molecule has 19 heavy (non-hydrogen) atoms. The van der Waals surface area contributed by atoms with Crippen molar-refractivity contribution in [1.29, 1.82) is 0 Å². The van der Waals surface area contributed by atoms with E-state index in [9.17, 15) is 14.7 Å². The fraction of sp³-hybridized carbons (Fsp3) is 0.333. The average Bonchev–Trinajstić information content (AvgIpc) is 2.67. The fourth-order valence-electron chi connectivity index (χ4n) is 1.87. The zero-order valence-corrected chi connectivity index (χ0v) is 11.4. The number of carbonyl (C=O) groups excluding carboxylic acids is 2. The third kappa shape index (κ3) is 3.00. The smallest absolute Gasteiger partial charge is 0.262 e. The number of nitrogens with one attached hydrogen (secondary N) is 2. The number of benzene rings is 1. The van der Waals surface area contributed by atoms with Gasteiger partial charge in [0.1, 0.15) is 0 Å². The molecule has 1 atom stereocenters. The van der Waals surface area contributed by atoms with Gasteiger partial charge in [-0.05, 0) is 23.8 Å². The Bertz CT molecular complexity index is 515. The van der Waals surface area contributed by atoms with Crippen molar-refractivity contribution in [2.75, 3.05) is 6.54 Å². The van der Waals surface area contributed by atoms with Gasteiger partial charge >= 0.3 is 0 Å². The van der Waals surface area contributed by atoms with Crippen LogP contribution in [-0.4, -0.2) is 29.1 Å². The summed E-state index contributed by atoms with van der Waals surface area (Å²) in [5, 5.41) is 15.8. The van der Waals surface area contributed by atoms with Gasteiger partial charge in [-0.2, -0.15) is 0 Å². The highest BCUT2D eigenvalue weighted by atomic mass is 35.5. The Kier molecular flexibility index (Phi) is 3.99. The first kappa shape index (κ1) is 14.1. The van der Waals surface area contributed by atoms with Crippen LogP contribution < -0.4 is 10.6 Å². The van der Waals surface area contributed by atoms with Crippen molar-refractivity contribution >= 4 is 35.0 Å². The summed E-state index contributed by atoms with van der Waals surface area (Å²) >= 11 is 11.7. The van der Waals surface area contributed by atoms with E-state index < -0.39 is 17.4 Å². The molecule has 1 aliphatic rings. The number of carbonyl (C=O) groups is 2. The van der Waals surface area contributed by atoms with Gasteiger partial charge in [-0.15, -0.1) is 0 Å². The van der Waals surface area contributed by atoms with Crippen LogP contribution >= 0.6 is 23.2 Å². The van der Waals surface area contributed by atoms with Crippen LogP contribution in [0.25, 0.3) is 0 Å². The molecule has 1 aliphatic heterocycles. The van der Waals surface area contributed by atoms with Crippen LogP contribution in [0.1, 0.15) is 12.0 Å². The van der Waals surface area contributed by atoms with Crippen LogP contribution in [0.3, 0.4) is 0 Å². The van der Waals surface area contributed by atoms with E-state index in [0.29, 0.717) is 15.6 Å². The molecule has 0 radical (unpaired) electrons. The first-order valence-corrected chi connectivity index (χ1v) is 6.41. The van der Waals surface area contributed by atoms with E-state index in [1.165, 1.54) is 0 Å². The average molecular weight is 303 g/mol. The first-order valence-electron chi connectivity index (χ1n) is 5.66. The van der Waals surface area contributed by atoms with Gasteiger partial charge < -0.3 is 15.7 Å². The van der Waals surface area contributed by atoms with Crippen LogP contribution in [0.4, 0.5) is 0 Å². The molecule has 0 bridgehead atoms. The zero-order chi connectivity index (χ0) is 14.0. The van der Waals surface area contributed by atoms with Gasteiger partial charge in [-0.1, -0.05) is 23.2 Å². The molecule has 1 heterocycles. The Morgan fingerprint density at radius 3 is 2.53 bits per heavy atom. The van der Waals surface area contributed by atoms with Gasteiger partial charge in [0.25, 0.3) is 11.8 Å². The Morgan fingerprint density at radius 2 is 2.00 bits per heavy atom. The summed E-state index contributed by atoms with van der Waals surface area (Å²) in [4.78, 5) is 23.2. The molecule has 3 N–H and O–H groups in total. The maximum atomic E-state index is 11.8. The van der Waals surface area contributed by atoms with Gasteiger partial charge in [-0.3, -0.25) is 9.59 Å². The summed E-state index contributed by atoms with van der Waals surface area (Å²) in [6.07, 6.45) is 0.0635. The highest BCUT2D eigenvalue weighted by Crippen LogP contribution is 2.20. The lowest BCUT2D eigenvalue weighted by Gasteiger charge is -2.18. The Morgan fingerprint density at radius 1 is 1.37 bits per heavy atom. The zero-order valence-electron chi connectivity index (χ0n) is 9.87. The minimum atomic E-state index is -1.98. The molecular formula is C12H12Cl2N2O3. The predicted molar refractivity (Wildman–Crippen MR) is 70.9 cm³/mol. The third-order valence-electron chi connectivity index (χ3n) is 2.90. The molecule has 2 rings (SSSR count). The quantitative estimate of drug-likeness (QED) is 0.725. The van der Waals surface area contributed by atoms with Crippen LogP contribution in [0.2, 0.25) is 10.0 Å². The second kappa shape index (κ2) is 5.36. The summed E-state index contributed by atoms with van der Waals surface area (Å²) in [5.41, 5.74) is -1.30. The lowest BCUT2D eigenvalue weighted by Crippen LogP contribution is -2.51. The van der Waals surface area contributed by atoms with Crippen molar-refractivity contribution < 1.29 is 14.7 Å². The monoisotopic (exact) mass is 302 g/mol. The van der Waals surface area contributed by atoms with E-state index in [1.54, 1.807) is 18.2 Å². The van der Waals surface area contributed by atoms with E-state index in [0.717, 1.165) is 0 Å². The van der Waals surface area contributed by atoms with Crippen LogP contribution in [-0.2, 0) is 16.1 Å². The molecule has 7 heteroatoms. The highest BCUT2D eigenvalue weighted by Gasteiger charge is 2.47.